The molecule has 21 heavy (non-hydrogen) atoms. The molecular formula is C16H25FN2O2. The minimum atomic E-state index is -0.804. The van der Waals surface area contributed by atoms with E-state index in [0.717, 1.165) is 19.6 Å². The molecule has 4 nitrogen and oxygen atoms in total. The zero-order valence-electron chi connectivity index (χ0n) is 12.7. The van der Waals surface area contributed by atoms with E-state index < -0.39 is 6.10 Å². The van der Waals surface area contributed by atoms with Crippen LogP contribution >= 0.6 is 0 Å². The molecule has 3 atom stereocenters. The molecule has 0 radical (unpaired) electrons. The first-order valence-corrected chi connectivity index (χ1v) is 7.54. The van der Waals surface area contributed by atoms with Crippen LogP contribution in [0.1, 0.15) is 25.5 Å². The lowest BCUT2D eigenvalue weighted by Gasteiger charge is -2.41. The van der Waals surface area contributed by atoms with Crippen molar-refractivity contribution in [2.75, 3.05) is 32.7 Å². The Balaban J connectivity index is 1.89. The number of β-amino-alcohol motifs (C(OH)–C–C–N with tert-alkyl or cyclic N) is 2. The molecule has 1 saturated heterocycles. The van der Waals surface area contributed by atoms with Crippen molar-refractivity contribution in [3.8, 4) is 0 Å². The third-order valence-electron chi connectivity index (χ3n) is 4.04. The summed E-state index contributed by atoms with van der Waals surface area (Å²) in [5.41, 5.74) is 0.358. The van der Waals surface area contributed by atoms with Gasteiger partial charge in [-0.2, -0.15) is 0 Å². The van der Waals surface area contributed by atoms with Crippen molar-refractivity contribution in [3.05, 3.63) is 35.6 Å². The van der Waals surface area contributed by atoms with Gasteiger partial charge < -0.3 is 10.2 Å². The predicted molar refractivity (Wildman–Crippen MR) is 80.5 cm³/mol. The van der Waals surface area contributed by atoms with Crippen molar-refractivity contribution in [1.82, 2.24) is 9.80 Å². The van der Waals surface area contributed by atoms with Gasteiger partial charge >= 0.3 is 0 Å². The van der Waals surface area contributed by atoms with Gasteiger partial charge in [0.25, 0.3) is 0 Å². The summed E-state index contributed by atoms with van der Waals surface area (Å²) in [4.78, 5) is 4.40. The van der Waals surface area contributed by atoms with Crippen LogP contribution in [0.15, 0.2) is 24.3 Å². The van der Waals surface area contributed by atoms with Crippen LogP contribution < -0.4 is 0 Å². The molecule has 0 bridgehead atoms. The molecular weight excluding hydrogens is 271 g/mol. The van der Waals surface area contributed by atoms with Crippen molar-refractivity contribution in [2.24, 2.45) is 0 Å². The number of aliphatic hydroxyl groups is 2. The topological polar surface area (TPSA) is 46.9 Å². The number of aliphatic hydroxyl groups excluding tert-OH is 2. The molecule has 1 aromatic carbocycles. The summed E-state index contributed by atoms with van der Waals surface area (Å²) in [7, 11) is 0. The summed E-state index contributed by atoms with van der Waals surface area (Å²) in [6.45, 7) is 7.51. The Labute approximate surface area is 125 Å². The molecule has 0 aromatic heterocycles. The highest BCUT2D eigenvalue weighted by Gasteiger charge is 2.26. The van der Waals surface area contributed by atoms with Gasteiger partial charge in [-0.05, 0) is 19.9 Å². The first-order valence-electron chi connectivity index (χ1n) is 7.54. The average Bonchev–Trinajstić information content (AvgIpc) is 2.42. The van der Waals surface area contributed by atoms with Gasteiger partial charge in [-0.1, -0.05) is 18.2 Å². The average molecular weight is 296 g/mol. The number of hydrogen-bond acceptors (Lipinski definition) is 4. The lowest BCUT2D eigenvalue weighted by atomic mass is 10.1. The van der Waals surface area contributed by atoms with Crippen LogP contribution in [-0.4, -0.2) is 64.9 Å². The summed E-state index contributed by atoms with van der Waals surface area (Å²) in [6.07, 6.45) is -1.13. The third-order valence-corrected chi connectivity index (χ3v) is 4.04. The molecule has 1 fully saturated rings. The molecule has 5 heteroatoms. The number of piperazine rings is 1. The van der Waals surface area contributed by atoms with E-state index in [-0.39, 0.29) is 11.9 Å². The van der Waals surface area contributed by atoms with E-state index in [2.05, 4.69) is 16.7 Å². The minimum absolute atomic E-state index is 0.321. The fraction of sp³-hybridized carbons (Fsp3) is 0.625. The number of nitrogens with zero attached hydrogens (tertiary/aromatic N) is 2. The predicted octanol–water partition coefficient (Wildman–Crippen LogP) is 1.25. The van der Waals surface area contributed by atoms with E-state index in [9.17, 15) is 14.6 Å². The molecule has 118 valence electrons. The van der Waals surface area contributed by atoms with E-state index in [1.165, 1.54) is 6.07 Å². The maximum Gasteiger partial charge on any atom is 0.129 e. The second-order valence-electron chi connectivity index (χ2n) is 5.99. The Morgan fingerprint density at radius 2 is 1.95 bits per heavy atom. The smallest absolute Gasteiger partial charge is 0.129 e. The molecule has 0 unspecified atom stereocenters. The summed E-state index contributed by atoms with van der Waals surface area (Å²) < 4.78 is 13.7. The molecule has 2 N–H and O–H groups in total. The largest absolute Gasteiger partial charge is 0.392 e. The zero-order chi connectivity index (χ0) is 15.4. The molecule has 1 aromatic rings. The van der Waals surface area contributed by atoms with Gasteiger partial charge in [0.15, 0.2) is 0 Å². The van der Waals surface area contributed by atoms with Crippen molar-refractivity contribution in [3.63, 3.8) is 0 Å². The summed E-state index contributed by atoms with van der Waals surface area (Å²) >= 11 is 0. The van der Waals surface area contributed by atoms with Crippen LogP contribution in [-0.2, 0) is 0 Å². The van der Waals surface area contributed by atoms with E-state index in [0.29, 0.717) is 24.7 Å². The Kier molecular flexibility index (Phi) is 5.70. The SMILES string of the molecule is C[C@H](O)CN1CCN(C[C@H](O)c2ccccc2F)C[C@@H]1C. The molecule has 2 rings (SSSR count). The summed E-state index contributed by atoms with van der Waals surface area (Å²) in [5.74, 6) is -0.356. The summed E-state index contributed by atoms with van der Waals surface area (Å²) in [5, 5.41) is 19.7. The van der Waals surface area contributed by atoms with Crippen molar-refractivity contribution >= 4 is 0 Å². The van der Waals surface area contributed by atoms with Gasteiger partial charge in [0, 0.05) is 44.3 Å². The van der Waals surface area contributed by atoms with Gasteiger partial charge in [-0.3, -0.25) is 9.80 Å². The van der Waals surface area contributed by atoms with Crippen LogP contribution in [0.2, 0.25) is 0 Å². The Bertz CT molecular complexity index is 456. The lowest BCUT2D eigenvalue weighted by Crippen LogP contribution is -2.54. The van der Waals surface area contributed by atoms with E-state index in [4.69, 9.17) is 0 Å². The fourth-order valence-corrected chi connectivity index (χ4v) is 2.94. The number of benzene rings is 1. The highest BCUT2D eigenvalue weighted by Crippen LogP contribution is 2.19. The normalized spacial score (nSPS) is 24.0. The zero-order valence-corrected chi connectivity index (χ0v) is 12.7. The van der Waals surface area contributed by atoms with Gasteiger partial charge in [-0.25, -0.2) is 4.39 Å². The second kappa shape index (κ2) is 7.31. The van der Waals surface area contributed by atoms with E-state index in [1.807, 2.05) is 0 Å². The monoisotopic (exact) mass is 296 g/mol. The molecule has 0 saturated carbocycles. The van der Waals surface area contributed by atoms with Crippen molar-refractivity contribution in [2.45, 2.75) is 32.1 Å². The van der Waals surface area contributed by atoms with Gasteiger partial charge in [0.2, 0.25) is 0 Å². The quantitative estimate of drug-likeness (QED) is 0.858. The standard InChI is InChI=1S/C16H25FN2O2/c1-12-9-18(7-8-19(12)10-13(2)20)11-16(21)14-5-3-4-6-15(14)17/h3-6,12-13,16,20-21H,7-11H2,1-2H3/t12-,13-,16-/m0/s1. The van der Waals surface area contributed by atoms with Crippen molar-refractivity contribution in [1.29, 1.82) is 0 Å². The van der Waals surface area contributed by atoms with Gasteiger partial charge in [0.1, 0.15) is 5.82 Å². The van der Waals surface area contributed by atoms with Gasteiger partial charge in [-0.15, -0.1) is 0 Å². The first-order chi connectivity index (χ1) is 9.97. The van der Waals surface area contributed by atoms with E-state index >= 15 is 0 Å². The molecule has 0 amide bonds. The lowest BCUT2D eigenvalue weighted by molar-refractivity contribution is 0.0234. The Morgan fingerprint density at radius 1 is 1.24 bits per heavy atom. The second-order valence-corrected chi connectivity index (χ2v) is 5.99. The maximum absolute atomic E-state index is 13.7. The van der Waals surface area contributed by atoms with Crippen LogP contribution in [0.4, 0.5) is 4.39 Å². The van der Waals surface area contributed by atoms with Crippen LogP contribution in [0, 0.1) is 5.82 Å². The summed E-state index contributed by atoms with van der Waals surface area (Å²) in [6, 6.07) is 6.70. The molecule has 1 aliphatic heterocycles. The third kappa shape index (κ3) is 4.48. The number of hydrogen-bond donors (Lipinski definition) is 2. The van der Waals surface area contributed by atoms with E-state index in [1.54, 1.807) is 25.1 Å². The first kappa shape index (κ1) is 16.4. The molecule has 1 aliphatic rings. The van der Waals surface area contributed by atoms with Crippen LogP contribution in [0.5, 0.6) is 0 Å². The number of halogens is 1. The van der Waals surface area contributed by atoms with Crippen molar-refractivity contribution < 1.29 is 14.6 Å². The highest BCUT2D eigenvalue weighted by molar-refractivity contribution is 5.20. The molecule has 0 spiro atoms. The highest BCUT2D eigenvalue weighted by atomic mass is 19.1. The minimum Gasteiger partial charge on any atom is -0.392 e. The number of rotatable bonds is 5. The Morgan fingerprint density at radius 3 is 2.57 bits per heavy atom. The Hall–Kier alpha value is -1.01. The van der Waals surface area contributed by atoms with Crippen LogP contribution in [0.25, 0.3) is 0 Å². The molecule has 1 heterocycles. The molecule has 0 aliphatic carbocycles. The maximum atomic E-state index is 13.7. The van der Waals surface area contributed by atoms with Gasteiger partial charge in [0.05, 0.1) is 12.2 Å². The fourth-order valence-electron chi connectivity index (χ4n) is 2.94. The van der Waals surface area contributed by atoms with Crippen LogP contribution in [0.3, 0.4) is 0 Å².